The summed E-state index contributed by atoms with van der Waals surface area (Å²) in [5.74, 6) is -1.56. The molecular weight excluding hydrogens is 340 g/mol. The molecule has 0 aliphatic rings. The summed E-state index contributed by atoms with van der Waals surface area (Å²) in [7, 11) is 0. The van der Waals surface area contributed by atoms with Crippen LogP contribution in [-0.2, 0) is 16.0 Å². The average molecular weight is 358 g/mol. The predicted molar refractivity (Wildman–Crippen MR) is 92.1 cm³/mol. The van der Waals surface area contributed by atoms with Gasteiger partial charge in [-0.3, -0.25) is 4.79 Å². The van der Waals surface area contributed by atoms with Crippen molar-refractivity contribution in [2.24, 2.45) is 0 Å². The number of ether oxygens (including phenoxy) is 2. The number of hydrogen-bond donors (Lipinski definition) is 2. The van der Waals surface area contributed by atoms with E-state index in [1.165, 1.54) is 6.07 Å². The lowest BCUT2D eigenvalue weighted by Crippen LogP contribution is -2.11. The van der Waals surface area contributed by atoms with E-state index in [2.05, 4.69) is 0 Å². The summed E-state index contributed by atoms with van der Waals surface area (Å²) < 4.78 is 10.4. The highest BCUT2D eigenvalue weighted by atomic mass is 16.5. The van der Waals surface area contributed by atoms with Crippen LogP contribution in [0.25, 0.3) is 0 Å². The second-order valence-electron chi connectivity index (χ2n) is 5.64. The molecule has 7 heteroatoms. The Labute approximate surface area is 149 Å². The smallest absolute Gasteiger partial charge is 0.341 e. The number of carboxylic acid groups (broad SMARTS) is 2. The van der Waals surface area contributed by atoms with E-state index < -0.39 is 25.2 Å². The van der Waals surface area contributed by atoms with E-state index in [-0.39, 0.29) is 11.3 Å². The van der Waals surface area contributed by atoms with Gasteiger partial charge in [-0.15, -0.1) is 0 Å². The van der Waals surface area contributed by atoms with Crippen molar-refractivity contribution in [1.29, 1.82) is 0 Å². The van der Waals surface area contributed by atoms with Crippen LogP contribution in [0.5, 0.6) is 11.5 Å². The summed E-state index contributed by atoms with van der Waals surface area (Å²) >= 11 is 0. The summed E-state index contributed by atoms with van der Waals surface area (Å²) in [6, 6.07) is 10.3. The van der Waals surface area contributed by atoms with Gasteiger partial charge in [-0.2, -0.15) is 0 Å². The molecule has 26 heavy (non-hydrogen) atoms. The molecule has 7 nitrogen and oxygen atoms in total. The van der Waals surface area contributed by atoms with Crippen molar-refractivity contribution in [3.8, 4) is 11.5 Å². The number of carbonyl (C=O) groups is 3. The van der Waals surface area contributed by atoms with Crippen molar-refractivity contribution < 1.29 is 34.1 Å². The molecule has 0 fully saturated rings. The van der Waals surface area contributed by atoms with Crippen LogP contribution in [0, 0.1) is 6.92 Å². The first-order chi connectivity index (χ1) is 12.4. The lowest BCUT2D eigenvalue weighted by Gasteiger charge is -2.13. The minimum absolute atomic E-state index is 0.192. The van der Waals surface area contributed by atoms with Gasteiger partial charge in [0.1, 0.15) is 11.5 Å². The average Bonchev–Trinajstić information content (AvgIpc) is 2.59. The van der Waals surface area contributed by atoms with Crippen molar-refractivity contribution in [3.63, 3.8) is 0 Å². The fourth-order valence-corrected chi connectivity index (χ4v) is 2.42. The van der Waals surface area contributed by atoms with E-state index in [0.717, 1.165) is 16.7 Å². The minimum atomic E-state index is -1.13. The normalized spacial score (nSPS) is 10.2. The van der Waals surface area contributed by atoms with Crippen LogP contribution in [0.15, 0.2) is 36.4 Å². The quantitative estimate of drug-likeness (QED) is 0.662. The van der Waals surface area contributed by atoms with Crippen LogP contribution < -0.4 is 9.47 Å². The van der Waals surface area contributed by atoms with E-state index in [1.807, 2.05) is 19.1 Å². The second kappa shape index (κ2) is 8.66. The molecule has 0 saturated carbocycles. The summed E-state index contributed by atoms with van der Waals surface area (Å²) in [5, 5.41) is 17.4. The molecule has 0 radical (unpaired) electrons. The first-order valence-corrected chi connectivity index (χ1v) is 7.76. The van der Waals surface area contributed by atoms with E-state index in [9.17, 15) is 14.4 Å². The van der Waals surface area contributed by atoms with Gasteiger partial charge in [0, 0.05) is 6.42 Å². The summed E-state index contributed by atoms with van der Waals surface area (Å²) in [6.45, 7) is 0.924. The van der Waals surface area contributed by atoms with Gasteiger partial charge in [-0.1, -0.05) is 23.8 Å². The highest BCUT2D eigenvalue weighted by Crippen LogP contribution is 2.26. The number of aryl methyl sites for hydroxylation is 1. The molecular formula is C19H18O7. The third-order valence-electron chi connectivity index (χ3n) is 3.51. The maximum absolute atomic E-state index is 11.3. The molecule has 136 valence electrons. The third-order valence-corrected chi connectivity index (χ3v) is 3.51. The zero-order valence-corrected chi connectivity index (χ0v) is 14.1. The molecule has 0 heterocycles. The molecule has 0 unspecified atom stereocenters. The van der Waals surface area contributed by atoms with Crippen LogP contribution in [0.2, 0.25) is 0 Å². The highest BCUT2D eigenvalue weighted by Gasteiger charge is 2.11. The van der Waals surface area contributed by atoms with E-state index in [4.69, 9.17) is 19.7 Å². The summed E-state index contributed by atoms with van der Waals surface area (Å²) in [6.07, 6.45) is 1.01. The predicted octanol–water partition coefficient (Wildman–Crippen LogP) is 2.33. The molecule has 2 aromatic carbocycles. The van der Waals surface area contributed by atoms with Gasteiger partial charge in [-0.05, 0) is 36.2 Å². The number of aldehydes is 1. The Balaban J connectivity index is 2.24. The van der Waals surface area contributed by atoms with Crippen molar-refractivity contribution in [2.75, 3.05) is 13.2 Å². The number of carboxylic acids is 2. The topological polar surface area (TPSA) is 110 Å². The number of rotatable bonds is 9. The van der Waals surface area contributed by atoms with Crippen LogP contribution in [0.3, 0.4) is 0 Å². The molecule has 0 saturated heterocycles. The van der Waals surface area contributed by atoms with Gasteiger partial charge >= 0.3 is 11.9 Å². The molecule has 0 atom stereocenters. The van der Waals surface area contributed by atoms with Gasteiger partial charge < -0.3 is 19.7 Å². The fourth-order valence-electron chi connectivity index (χ4n) is 2.42. The van der Waals surface area contributed by atoms with Gasteiger partial charge in [-0.25, -0.2) is 9.59 Å². The molecule has 0 aliphatic heterocycles. The van der Waals surface area contributed by atoms with E-state index in [1.54, 1.807) is 18.2 Å². The number of carbonyl (C=O) groups excluding carboxylic acids is 1. The Morgan fingerprint density at radius 3 is 2.19 bits per heavy atom. The first kappa shape index (κ1) is 19.0. The van der Waals surface area contributed by atoms with Crippen molar-refractivity contribution in [1.82, 2.24) is 0 Å². The fraction of sp³-hybridized carbons (Fsp3) is 0.211. The summed E-state index contributed by atoms with van der Waals surface area (Å²) in [5.41, 5.74) is 2.78. The molecule has 2 aromatic rings. The molecule has 2 N–H and O–H groups in total. The lowest BCUT2D eigenvalue weighted by molar-refractivity contribution is -0.140. The number of benzene rings is 2. The molecule has 2 rings (SSSR count). The van der Waals surface area contributed by atoms with Crippen LogP contribution >= 0.6 is 0 Å². The molecule has 0 aromatic heterocycles. The standard InChI is InChI=1S/C19H18O7/c1-12-2-4-16(25-10-18(21)22)14(6-12)7-13-3-5-17(15(8-13)9-20)26-11-19(23)24/h2-6,8-9H,7,10-11H2,1H3,(H,21,22)(H,23,24). The van der Waals surface area contributed by atoms with Gasteiger partial charge in [0.25, 0.3) is 0 Å². The van der Waals surface area contributed by atoms with Crippen molar-refractivity contribution in [3.05, 3.63) is 58.7 Å². The Kier molecular flexibility index (Phi) is 6.32. The summed E-state index contributed by atoms with van der Waals surface area (Å²) in [4.78, 5) is 32.6. The number of hydrogen-bond acceptors (Lipinski definition) is 5. The first-order valence-electron chi connectivity index (χ1n) is 7.76. The monoisotopic (exact) mass is 358 g/mol. The van der Waals surface area contributed by atoms with Gasteiger partial charge in [0.05, 0.1) is 5.56 Å². The maximum atomic E-state index is 11.3. The Morgan fingerprint density at radius 2 is 1.58 bits per heavy atom. The Bertz CT molecular complexity index is 827. The number of aliphatic carboxylic acids is 2. The SMILES string of the molecule is Cc1ccc(OCC(=O)O)c(Cc2ccc(OCC(=O)O)c(C=O)c2)c1. The Morgan fingerprint density at radius 1 is 0.962 bits per heavy atom. The largest absolute Gasteiger partial charge is 0.482 e. The van der Waals surface area contributed by atoms with Crippen molar-refractivity contribution >= 4 is 18.2 Å². The Hall–Kier alpha value is -3.35. The van der Waals surface area contributed by atoms with Crippen LogP contribution in [0.4, 0.5) is 0 Å². The van der Waals surface area contributed by atoms with E-state index in [0.29, 0.717) is 18.5 Å². The molecule has 0 amide bonds. The minimum Gasteiger partial charge on any atom is -0.482 e. The molecule has 0 aliphatic carbocycles. The van der Waals surface area contributed by atoms with Crippen molar-refractivity contribution in [2.45, 2.75) is 13.3 Å². The third kappa shape index (κ3) is 5.34. The van der Waals surface area contributed by atoms with Crippen LogP contribution in [0.1, 0.15) is 27.0 Å². The lowest BCUT2D eigenvalue weighted by atomic mass is 10.0. The zero-order chi connectivity index (χ0) is 19.1. The van der Waals surface area contributed by atoms with E-state index >= 15 is 0 Å². The second-order valence-corrected chi connectivity index (χ2v) is 5.64. The van der Waals surface area contributed by atoms with Crippen LogP contribution in [-0.4, -0.2) is 41.7 Å². The van der Waals surface area contributed by atoms with Gasteiger partial charge in [0.2, 0.25) is 0 Å². The zero-order valence-electron chi connectivity index (χ0n) is 14.1. The maximum Gasteiger partial charge on any atom is 0.341 e. The molecule has 0 bridgehead atoms. The van der Waals surface area contributed by atoms with Gasteiger partial charge in [0.15, 0.2) is 19.5 Å². The molecule has 0 spiro atoms. The highest BCUT2D eigenvalue weighted by molar-refractivity contribution is 5.80.